The quantitative estimate of drug-likeness (QED) is 0.205. The van der Waals surface area contributed by atoms with Crippen LogP contribution >= 0.6 is 0 Å². The zero-order valence-corrected chi connectivity index (χ0v) is 22.6. The van der Waals surface area contributed by atoms with E-state index >= 15 is 0 Å². The summed E-state index contributed by atoms with van der Waals surface area (Å²) in [7, 11) is 3.05. The molecular formula is C28H37NO8. The Morgan fingerprint density at radius 1 is 1.03 bits per heavy atom. The van der Waals surface area contributed by atoms with Gasteiger partial charge in [-0.05, 0) is 32.8 Å². The first-order valence-corrected chi connectivity index (χ1v) is 12.1. The fourth-order valence-corrected chi connectivity index (χ4v) is 3.94. The minimum atomic E-state index is -0.743. The highest BCUT2D eigenvalue weighted by atomic mass is 16.7. The van der Waals surface area contributed by atoms with Crippen molar-refractivity contribution in [3.05, 3.63) is 53.9 Å². The number of carbonyl (C=O) groups excluding carboxylic acids is 3. The molecule has 0 aliphatic carbocycles. The molecule has 1 heterocycles. The van der Waals surface area contributed by atoms with Gasteiger partial charge in [0.1, 0.15) is 6.10 Å². The van der Waals surface area contributed by atoms with Gasteiger partial charge in [0.05, 0.1) is 18.6 Å². The smallest absolute Gasteiger partial charge is 0.309 e. The SMILES string of the molecule is COc1ccnc(C(=O)C[C@@H](C)C(=O)O[C@@H](C)[C@H](Cc2ccccc2)C(C)(C)OC)c1OCOC(C)=O. The van der Waals surface area contributed by atoms with Crippen molar-refractivity contribution in [2.45, 2.75) is 59.2 Å². The lowest BCUT2D eigenvalue weighted by atomic mass is 9.81. The van der Waals surface area contributed by atoms with Crippen LogP contribution in [0.15, 0.2) is 42.6 Å². The van der Waals surface area contributed by atoms with Crippen LogP contribution in [0.4, 0.5) is 0 Å². The highest BCUT2D eigenvalue weighted by Crippen LogP contribution is 2.32. The number of esters is 2. The number of pyridine rings is 1. The molecule has 1 aromatic carbocycles. The second-order valence-electron chi connectivity index (χ2n) is 9.36. The molecule has 2 aromatic rings. The third-order valence-corrected chi connectivity index (χ3v) is 6.30. The topological polar surface area (TPSA) is 110 Å². The number of hydrogen-bond donors (Lipinski definition) is 0. The lowest BCUT2D eigenvalue weighted by molar-refractivity contribution is -0.161. The Balaban J connectivity index is 2.12. The van der Waals surface area contributed by atoms with Gasteiger partial charge in [-0.3, -0.25) is 14.4 Å². The van der Waals surface area contributed by atoms with E-state index < -0.39 is 42.1 Å². The normalized spacial score (nSPS) is 13.7. The van der Waals surface area contributed by atoms with Crippen LogP contribution < -0.4 is 9.47 Å². The Morgan fingerprint density at radius 2 is 1.70 bits per heavy atom. The van der Waals surface area contributed by atoms with Gasteiger partial charge in [0, 0.05) is 38.6 Å². The number of benzene rings is 1. The molecule has 0 N–H and O–H groups in total. The number of Topliss-reactive ketones (excluding diaryl/α,β-unsaturated/α-hetero) is 1. The Hall–Kier alpha value is -3.46. The summed E-state index contributed by atoms with van der Waals surface area (Å²) in [4.78, 5) is 41.3. The number of hydrogen-bond acceptors (Lipinski definition) is 9. The van der Waals surface area contributed by atoms with Gasteiger partial charge >= 0.3 is 11.9 Å². The van der Waals surface area contributed by atoms with Gasteiger partial charge in [0.2, 0.25) is 6.79 Å². The molecule has 0 amide bonds. The number of aromatic nitrogens is 1. The molecule has 37 heavy (non-hydrogen) atoms. The van der Waals surface area contributed by atoms with Crippen molar-refractivity contribution in [2.24, 2.45) is 11.8 Å². The van der Waals surface area contributed by atoms with E-state index in [0.29, 0.717) is 6.42 Å². The molecule has 202 valence electrons. The summed E-state index contributed by atoms with van der Waals surface area (Å²) in [5.74, 6) is -2.07. The summed E-state index contributed by atoms with van der Waals surface area (Å²) in [5.41, 5.74) is 0.517. The maximum atomic E-state index is 13.1. The molecule has 0 saturated carbocycles. The van der Waals surface area contributed by atoms with Crippen LogP contribution in [0.3, 0.4) is 0 Å². The summed E-state index contributed by atoms with van der Waals surface area (Å²) < 4.78 is 27.1. The molecule has 9 nitrogen and oxygen atoms in total. The third-order valence-electron chi connectivity index (χ3n) is 6.30. The second kappa shape index (κ2) is 13.7. The Labute approximate surface area is 218 Å². The number of carbonyl (C=O) groups is 3. The number of nitrogens with zero attached hydrogens (tertiary/aromatic N) is 1. The molecule has 0 aliphatic rings. The predicted molar refractivity (Wildman–Crippen MR) is 136 cm³/mol. The summed E-state index contributed by atoms with van der Waals surface area (Å²) in [6.45, 7) is 8.21. The zero-order chi connectivity index (χ0) is 27.6. The average molecular weight is 516 g/mol. The minimum Gasteiger partial charge on any atom is -0.493 e. The lowest BCUT2D eigenvalue weighted by Gasteiger charge is -2.37. The molecule has 9 heteroatoms. The molecule has 3 atom stereocenters. The van der Waals surface area contributed by atoms with Gasteiger partial charge in [-0.1, -0.05) is 37.3 Å². The fraction of sp³-hybridized carbons (Fsp3) is 0.500. The lowest BCUT2D eigenvalue weighted by Crippen LogP contribution is -2.43. The summed E-state index contributed by atoms with van der Waals surface area (Å²) in [5, 5.41) is 0. The zero-order valence-electron chi connectivity index (χ0n) is 22.6. The monoisotopic (exact) mass is 515 g/mol. The van der Waals surface area contributed by atoms with Gasteiger partial charge in [-0.2, -0.15) is 0 Å². The first-order chi connectivity index (χ1) is 17.5. The van der Waals surface area contributed by atoms with E-state index in [1.165, 1.54) is 26.3 Å². The van der Waals surface area contributed by atoms with Crippen molar-refractivity contribution in [3.8, 4) is 11.5 Å². The van der Waals surface area contributed by atoms with E-state index in [0.717, 1.165) is 5.56 Å². The molecule has 0 spiro atoms. The average Bonchev–Trinajstić information content (AvgIpc) is 2.87. The molecule has 1 aromatic heterocycles. The van der Waals surface area contributed by atoms with Gasteiger partial charge < -0.3 is 23.7 Å². The van der Waals surface area contributed by atoms with Gasteiger partial charge in [-0.15, -0.1) is 0 Å². The van der Waals surface area contributed by atoms with Crippen LogP contribution in [-0.2, 0) is 30.2 Å². The van der Waals surface area contributed by atoms with Crippen molar-refractivity contribution in [1.29, 1.82) is 0 Å². The maximum absolute atomic E-state index is 13.1. The van der Waals surface area contributed by atoms with Gasteiger partial charge in [-0.25, -0.2) is 4.98 Å². The van der Waals surface area contributed by atoms with Crippen LogP contribution in [0.25, 0.3) is 0 Å². The highest BCUT2D eigenvalue weighted by Gasteiger charge is 2.37. The van der Waals surface area contributed by atoms with Crippen molar-refractivity contribution >= 4 is 17.7 Å². The van der Waals surface area contributed by atoms with E-state index in [2.05, 4.69) is 4.98 Å². The molecule has 0 radical (unpaired) electrons. The standard InChI is InChI=1S/C28H37NO8/c1-18(15-23(31)25-26(36-17-35-20(3)30)24(33-6)13-14-29-25)27(32)37-19(2)22(28(4,5)34-7)16-21-11-9-8-10-12-21/h8-14,18-19,22H,15-17H2,1-7H3/t18-,19+,22+/m1/s1. The van der Waals surface area contributed by atoms with Crippen LogP contribution in [-0.4, -0.2) is 55.4 Å². The van der Waals surface area contributed by atoms with Crippen LogP contribution in [0.5, 0.6) is 11.5 Å². The van der Waals surface area contributed by atoms with Crippen molar-refractivity contribution in [1.82, 2.24) is 4.98 Å². The Morgan fingerprint density at radius 3 is 2.30 bits per heavy atom. The van der Waals surface area contributed by atoms with Crippen molar-refractivity contribution < 1.29 is 38.1 Å². The number of methoxy groups -OCH3 is 2. The van der Waals surface area contributed by atoms with Crippen LogP contribution in [0.1, 0.15) is 57.1 Å². The fourth-order valence-electron chi connectivity index (χ4n) is 3.94. The Bertz CT molecular complexity index is 1050. The van der Waals surface area contributed by atoms with Crippen molar-refractivity contribution in [2.75, 3.05) is 21.0 Å². The van der Waals surface area contributed by atoms with Crippen LogP contribution in [0, 0.1) is 11.8 Å². The largest absolute Gasteiger partial charge is 0.493 e. The molecule has 0 saturated heterocycles. The summed E-state index contributed by atoms with van der Waals surface area (Å²) >= 11 is 0. The highest BCUT2D eigenvalue weighted by molar-refractivity contribution is 5.99. The Kier molecular flexibility index (Phi) is 11.1. The van der Waals surface area contributed by atoms with E-state index in [1.807, 2.05) is 51.1 Å². The second-order valence-corrected chi connectivity index (χ2v) is 9.36. The minimum absolute atomic E-state index is 0.0262. The molecule has 0 bridgehead atoms. The van der Waals surface area contributed by atoms with E-state index in [9.17, 15) is 14.4 Å². The molecule has 0 fully saturated rings. The predicted octanol–water partition coefficient (Wildman–Crippen LogP) is 4.41. The molecule has 0 aliphatic heterocycles. The summed E-state index contributed by atoms with van der Waals surface area (Å²) in [6.07, 6.45) is 1.42. The molecule has 2 rings (SSSR count). The number of ether oxygens (including phenoxy) is 5. The molecule has 0 unspecified atom stereocenters. The molecular weight excluding hydrogens is 478 g/mol. The maximum Gasteiger partial charge on any atom is 0.309 e. The van der Waals surface area contributed by atoms with E-state index in [1.54, 1.807) is 14.0 Å². The van der Waals surface area contributed by atoms with Crippen LogP contribution in [0.2, 0.25) is 0 Å². The van der Waals surface area contributed by atoms with Gasteiger partial charge in [0.15, 0.2) is 23.0 Å². The van der Waals surface area contributed by atoms with Gasteiger partial charge in [0.25, 0.3) is 0 Å². The van der Waals surface area contributed by atoms with Crippen molar-refractivity contribution in [3.63, 3.8) is 0 Å². The first kappa shape index (κ1) is 29.8. The van der Waals surface area contributed by atoms with E-state index in [-0.39, 0.29) is 29.5 Å². The number of ketones is 1. The number of rotatable bonds is 14. The third kappa shape index (κ3) is 8.56. The first-order valence-electron chi connectivity index (χ1n) is 12.1. The summed E-state index contributed by atoms with van der Waals surface area (Å²) in [6, 6.07) is 11.4. The van der Waals surface area contributed by atoms with E-state index in [4.69, 9.17) is 23.7 Å².